The number of nitrogens with zero attached hydrogens (tertiary/aromatic N) is 2. The van der Waals surface area contributed by atoms with Crippen LogP contribution < -0.4 is 14.2 Å². The number of carbonyl (C=O) groups excluding carboxylic acids is 2. The maximum atomic E-state index is 14.0. The van der Waals surface area contributed by atoms with E-state index in [4.69, 9.17) is 23.7 Å². The fraction of sp³-hybridized carbons (Fsp3) is 0.562. The molecule has 2 aromatic carbocycles. The molecule has 0 N–H and O–H groups in total. The van der Waals surface area contributed by atoms with E-state index < -0.39 is 0 Å². The van der Waals surface area contributed by atoms with E-state index in [1.165, 1.54) is 0 Å². The van der Waals surface area contributed by atoms with Gasteiger partial charge in [-0.05, 0) is 69.5 Å². The van der Waals surface area contributed by atoms with Gasteiger partial charge in [-0.2, -0.15) is 0 Å². The third-order valence-corrected chi connectivity index (χ3v) is 7.39. The number of amides is 1. The number of benzene rings is 2. The molecule has 41 heavy (non-hydrogen) atoms. The van der Waals surface area contributed by atoms with Crippen LogP contribution in [0.2, 0.25) is 0 Å². The van der Waals surface area contributed by atoms with Gasteiger partial charge in [0.1, 0.15) is 5.75 Å². The van der Waals surface area contributed by atoms with Gasteiger partial charge in [0.2, 0.25) is 0 Å². The summed E-state index contributed by atoms with van der Waals surface area (Å²) in [5, 5.41) is 0. The zero-order valence-corrected chi connectivity index (χ0v) is 25.4. The van der Waals surface area contributed by atoms with Crippen molar-refractivity contribution < 1.29 is 33.3 Å². The first kappa shape index (κ1) is 32.2. The van der Waals surface area contributed by atoms with Gasteiger partial charge >= 0.3 is 5.97 Å². The van der Waals surface area contributed by atoms with Gasteiger partial charge in [-0.1, -0.05) is 12.1 Å². The van der Waals surface area contributed by atoms with Crippen LogP contribution in [0.5, 0.6) is 17.2 Å². The molecule has 0 unspecified atom stereocenters. The van der Waals surface area contributed by atoms with E-state index >= 15 is 0 Å². The van der Waals surface area contributed by atoms with Crippen molar-refractivity contribution in [3.8, 4) is 17.2 Å². The second-order valence-corrected chi connectivity index (χ2v) is 10.5. The smallest absolute Gasteiger partial charge is 0.307 e. The van der Waals surface area contributed by atoms with E-state index in [1.807, 2.05) is 49.9 Å². The molecule has 1 amide bonds. The Bertz CT molecular complexity index is 1110. The lowest BCUT2D eigenvalue weighted by Gasteiger charge is -2.45. The first-order valence-corrected chi connectivity index (χ1v) is 14.5. The van der Waals surface area contributed by atoms with Crippen LogP contribution in [-0.2, 0) is 20.8 Å². The lowest BCUT2D eigenvalue weighted by molar-refractivity contribution is -0.145. The van der Waals surface area contributed by atoms with Gasteiger partial charge in [0.15, 0.2) is 11.5 Å². The normalized spacial score (nSPS) is 17.2. The molecule has 0 aromatic heterocycles. The van der Waals surface area contributed by atoms with Crippen molar-refractivity contribution in [2.75, 3.05) is 47.7 Å². The van der Waals surface area contributed by atoms with Crippen LogP contribution in [0.3, 0.4) is 0 Å². The molecule has 9 nitrogen and oxygen atoms in total. The molecule has 0 bridgehead atoms. The summed E-state index contributed by atoms with van der Waals surface area (Å²) in [5.41, 5.74) is 1.67. The van der Waals surface area contributed by atoms with Crippen LogP contribution in [-0.4, -0.2) is 87.5 Å². The highest BCUT2D eigenvalue weighted by Gasteiger charge is 2.36. The summed E-state index contributed by atoms with van der Waals surface area (Å²) in [7, 11) is 4.89. The Balaban J connectivity index is 1.82. The monoisotopic (exact) mass is 570 g/mol. The van der Waals surface area contributed by atoms with Crippen molar-refractivity contribution in [3.63, 3.8) is 0 Å². The first-order chi connectivity index (χ1) is 19.8. The number of likely N-dealkylation sites (tertiary alicyclic amines) is 1. The molecule has 1 saturated heterocycles. The van der Waals surface area contributed by atoms with Crippen molar-refractivity contribution in [2.45, 2.75) is 71.1 Å². The van der Waals surface area contributed by atoms with Crippen LogP contribution in [0.15, 0.2) is 42.5 Å². The molecule has 9 heteroatoms. The molecular formula is C32H46N2O7. The molecule has 0 radical (unpaired) electrons. The Morgan fingerprint density at radius 2 is 1.73 bits per heavy atom. The van der Waals surface area contributed by atoms with Gasteiger partial charge < -0.3 is 28.6 Å². The highest BCUT2D eigenvalue weighted by atomic mass is 16.5. The van der Waals surface area contributed by atoms with Crippen LogP contribution in [0, 0.1) is 0 Å². The van der Waals surface area contributed by atoms with Crippen LogP contribution in [0.1, 0.15) is 62.4 Å². The SMILES string of the molecule is CCOC(=O)C[C@H]1CC[C@@H](N(C(=O)c2ccc(OC)c(OCCCOC)c2)C(C)C)CN1Cc1ccc(OC)cc1. The molecule has 226 valence electrons. The van der Waals surface area contributed by atoms with Crippen molar-refractivity contribution in [1.29, 1.82) is 0 Å². The fourth-order valence-electron chi connectivity index (χ4n) is 5.39. The third-order valence-electron chi connectivity index (χ3n) is 7.39. The summed E-state index contributed by atoms with van der Waals surface area (Å²) in [6.45, 7) is 8.63. The molecule has 1 aliphatic heterocycles. The molecule has 2 atom stereocenters. The van der Waals surface area contributed by atoms with E-state index in [0.29, 0.717) is 56.4 Å². The lowest BCUT2D eigenvalue weighted by Crippen LogP contribution is -2.55. The number of rotatable bonds is 15. The minimum absolute atomic E-state index is 0.0210. The van der Waals surface area contributed by atoms with Crippen LogP contribution in [0.4, 0.5) is 0 Å². The van der Waals surface area contributed by atoms with E-state index in [-0.39, 0.29) is 30.0 Å². The molecule has 0 saturated carbocycles. The van der Waals surface area contributed by atoms with E-state index in [2.05, 4.69) is 4.90 Å². The number of ether oxygens (including phenoxy) is 5. The first-order valence-electron chi connectivity index (χ1n) is 14.5. The fourth-order valence-corrected chi connectivity index (χ4v) is 5.39. The Kier molecular flexibility index (Phi) is 12.7. The highest BCUT2D eigenvalue weighted by molar-refractivity contribution is 5.95. The molecule has 1 fully saturated rings. The van der Waals surface area contributed by atoms with Crippen molar-refractivity contribution >= 4 is 11.9 Å². The highest BCUT2D eigenvalue weighted by Crippen LogP contribution is 2.32. The topological polar surface area (TPSA) is 86.8 Å². The quantitative estimate of drug-likeness (QED) is 0.220. The van der Waals surface area contributed by atoms with E-state index in [9.17, 15) is 9.59 Å². The molecule has 1 aliphatic rings. The predicted molar refractivity (Wildman–Crippen MR) is 158 cm³/mol. The molecule has 0 aliphatic carbocycles. The average molecular weight is 571 g/mol. The Morgan fingerprint density at radius 1 is 0.976 bits per heavy atom. The Labute approximate surface area is 244 Å². The number of carbonyl (C=O) groups is 2. The standard InChI is InChI=1S/C32H46N2O7/c1-7-40-31(35)20-26-12-13-27(22-33(26)21-24-9-14-28(38-5)15-10-24)34(23(2)3)32(36)25-11-16-29(39-6)30(19-25)41-18-8-17-37-4/h9-11,14-16,19,23,26-27H,7-8,12-13,17-18,20-22H2,1-6H3/t26-,27-/m1/s1. The summed E-state index contributed by atoms with van der Waals surface area (Å²) in [5.74, 6) is 1.68. The number of piperidine rings is 1. The van der Waals surface area contributed by atoms with Crippen LogP contribution >= 0.6 is 0 Å². The van der Waals surface area contributed by atoms with Crippen molar-refractivity contribution in [1.82, 2.24) is 9.80 Å². The van der Waals surface area contributed by atoms with Gasteiger partial charge in [0, 0.05) is 56.9 Å². The van der Waals surface area contributed by atoms with Crippen LogP contribution in [0.25, 0.3) is 0 Å². The van der Waals surface area contributed by atoms with Gasteiger partial charge in [-0.25, -0.2) is 0 Å². The molecule has 2 aromatic rings. The predicted octanol–water partition coefficient (Wildman–Crippen LogP) is 4.96. The van der Waals surface area contributed by atoms with Gasteiger partial charge in [0.05, 0.1) is 33.9 Å². The third kappa shape index (κ3) is 9.10. The molecular weight excluding hydrogens is 524 g/mol. The zero-order chi connectivity index (χ0) is 29.8. The summed E-state index contributed by atoms with van der Waals surface area (Å²) in [6, 6.07) is 13.3. The second-order valence-electron chi connectivity index (χ2n) is 10.5. The van der Waals surface area contributed by atoms with Crippen molar-refractivity contribution in [2.24, 2.45) is 0 Å². The average Bonchev–Trinajstić information content (AvgIpc) is 2.97. The minimum Gasteiger partial charge on any atom is -0.497 e. The van der Waals surface area contributed by atoms with E-state index in [1.54, 1.807) is 39.5 Å². The summed E-state index contributed by atoms with van der Waals surface area (Å²) in [6.07, 6.45) is 2.64. The largest absolute Gasteiger partial charge is 0.497 e. The maximum Gasteiger partial charge on any atom is 0.307 e. The molecule has 0 spiro atoms. The molecule has 3 rings (SSSR count). The van der Waals surface area contributed by atoms with Crippen molar-refractivity contribution in [3.05, 3.63) is 53.6 Å². The van der Waals surface area contributed by atoms with Gasteiger partial charge in [-0.15, -0.1) is 0 Å². The van der Waals surface area contributed by atoms with E-state index in [0.717, 1.165) is 30.6 Å². The number of methoxy groups -OCH3 is 3. The Hall–Kier alpha value is -3.30. The molecule has 1 heterocycles. The van der Waals surface area contributed by atoms with Gasteiger partial charge in [-0.3, -0.25) is 14.5 Å². The number of hydrogen-bond donors (Lipinski definition) is 0. The van der Waals surface area contributed by atoms with Gasteiger partial charge in [0.25, 0.3) is 5.91 Å². The Morgan fingerprint density at radius 3 is 2.37 bits per heavy atom. The zero-order valence-electron chi connectivity index (χ0n) is 25.4. The summed E-state index contributed by atoms with van der Waals surface area (Å²) in [4.78, 5) is 30.7. The number of esters is 1. The number of hydrogen-bond acceptors (Lipinski definition) is 8. The lowest BCUT2D eigenvalue weighted by atomic mass is 9.93. The summed E-state index contributed by atoms with van der Waals surface area (Å²) >= 11 is 0. The summed E-state index contributed by atoms with van der Waals surface area (Å²) < 4.78 is 27.1. The minimum atomic E-state index is -0.191. The second kappa shape index (κ2) is 16.2. The maximum absolute atomic E-state index is 14.0.